The Morgan fingerprint density at radius 2 is 2.33 bits per heavy atom. The summed E-state index contributed by atoms with van der Waals surface area (Å²) in [4.78, 5) is 15.4. The van der Waals surface area contributed by atoms with Crippen molar-refractivity contribution in [3.05, 3.63) is 28.8 Å². The van der Waals surface area contributed by atoms with Gasteiger partial charge in [0.15, 0.2) is 0 Å². The highest BCUT2D eigenvalue weighted by molar-refractivity contribution is 6.32. The van der Waals surface area contributed by atoms with E-state index < -0.39 is 11.7 Å². The lowest BCUT2D eigenvalue weighted by Gasteiger charge is -2.14. The molecule has 0 unspecified atom stereocenters. The average molecular weight is 273 g/mol. The van der Waals surface area contributed by atoms with Crippen LogP contribution in [0.2, 0.25) is 5.15 Å². The fourth-order valence-corrected chi connectivity index (χ4v) is 2.06. The Hall–Kier alpha value is -1.20. The van der Waals surface area contributed by atoms with Crippen LogP contribution < -0.4 is 5.32 Å². The summed E-state index contributed by atoms with van der Waals surface area (Å²) >= 11 is 5.74. The largest absolute Gasteiger partial charge is 0.396 e. The van der Waals surface area contributed by atoms with Crippen molar-refractivity contribution in [2.24, 2.45) is 5.41 Å². The zero-order valence-corrected chi connectivity index (χ0v) is 10.5. The molecule has 1 aliphatic carbocycles. The van der Waals surface area contributed by atoms with Crippen molar-refractivity contribution >= 4 is 17.5 Å². The van der Waals surface area contributed by atoms with E-state index in [1.165, 1.54) is 0 Å². The van der Waals surface area contributed by atoms with Crippen molar-refractivity contribution in [2.75, 3.05) is 13.2 Å². The summed E-state index contributed by atoms with van der Waals surface area (Å²) in [5.41, 5.74) is 0.0499. The molecule has 1 aromatic heterocycles. The smallest absolute Gasteiger partial charge is 0.254 e. The molecule has 1 aromatic rings. The zero-order chi connectivity index (χ0) is 13.2. The summed E-state index contributed by atoms with van der Waals surface area (Å²) in [5, 5.41) is 11.6. The molecule has 1 aliphatic rings. The number of hydrogen-bond donors (Lipinski definition) is 2. The molecule has 1 saturated carbocycles. The van der Waals surface area contributed by atoms with E-state index in [1.807, 2.05) is 0 Å². The molecule has 0 bridgehead atoms. The predicted molar refractivity (Wildman–Crippen MR) is 64.9 cm³/mol. The Kier molecular flexibility index (Phi) is 3.82. The number of pyridine rings is 1. The summed E-state index contributed by atoms with van der Waals surface area (Å²) in [6.45, 7) is 0.581. The number of halogens is 2. The number of carbonyl (C=O) groups is 1. The Morgan fingerprint density at radius 3 is 2.94 bits per heavy atom. The van der Waals surface area contributed by atoms with E-state index in [1.54, 1.807) is 0 Å². The molecule has 2 rings (SSSR count). The molecule has 98 valence electrons. The highest BCUT2D eigenvalue weighted by Crippen LogP contribution is 2.47. The van der Waals surface area contributed by atoms with Gasteiger partial charge in [-0.15, -0.1) is 0 Å². The minimum atomic E-state index is -0.596. The summed E-state index contributed by atoms with van der Waals surface area (Å²) in [5.74, 6) is -1.03. The van der Waals surface area contributed by atoms with Crippen LogP contribution in [0.5, 0.6) is 0 Å². The number of amides is 1. The SMILES string of the molecule is O=C(NCC1(CCO)CC1)c1cc(F)cnc1Cl. The normalized spacial score (nSPS) is 16.4. The maximum atomic E-state index is 13.0. The fourth-order valence-electron chi connectivity index (χ4n) is 1.87. The standard InChI is InChI=1S/C12H14ClFN2O2/c13-10-9(5-8(14)6-15-10)11(18)16-7-12(1-2-12)3-4-17/h5-6,17H,1-4,7H2,(H,16,18). The lowest BCUT2D eigenvalue weighted by atomic mass is 10.0. The average Bonchev–Trinajstić information content (AvgIpc) is 3.10. The highest BCUT2D eigenvalue weighted by atomic mass is 35.5. The summed E-state index contributed by atoms with van der Waals surface area (Å²) in [6, 6.07) is 1.07. The number of aromatic nitrogens is 1. The molecule has 1 fully saturated rings. The molecule has 0 atom stereocenters. The molecular weight excluding hydrogens is 259 g/mol. The first-order chi connectivity index (χ1) is 8.56. The van der Waals surface area contributed by atoms with E-state index in [0.717, 1.165) is 25.1 Å². The van der Waals surface area contributed by atoms with E-state index in [9.17, 15) is 9.18 Å². The molecular formula is C12H14ClFN2O2. The van der Waals surface area contributed by atoms with E-state index in [0.29, 0.717) is 13.0 Å². The third-order valence-electron chi connectivity index (χ3n) is 3.27. The summed E-state index contributed by atoms with van der Waals surface area (Å²) < 4.78 is 13.0. The fraction of sp³-hybridized carbons (Fsp3) is 0.500. The van der Waals surface area contributed by atoms with Gasteiger partial charge in [-0.05, 0) is 30.7 Å². The Labute approximate surface area is 109 Å². The van der Waals surface area contributed by atoms with Gasteiger partial charge < -0.3 is 10.4 Å². The molecule has 0 aromatic carbocycles. The zero-order valence-electron chi connectivity index (χ0n) is 9.75. The Morgan fingerprint density at radius 1 is 1.61 bits per heavy atom. The molecule has 1 heterocycles. The van der Waals surface area contributed by atoms with Crippen LogP contribution in [0.3, 0.4) is 0 Å². The Bertz CT molecular complexity index is 463. The van der Waals surface area contributed by atoms with Gasteiger partial charge in [-0.2, -0.15) is 0 Å². The van der Waals surface area contributed by atoms with Crippen molar-refractivity contribution in [1.29, 1.82) is 0 Å². The minimum Gasteiger partial charge on any atom is -0.396 e. The first kappa shape index (κ1) is 13.2. The van der Waals surface area contributed by atoms with Crippen LogP contribution in [-0.2, 0) is 0 Å². The first-order valence-corrected chi connectivity index (χ1v) is 6.14. The van der Waals surface area contributed by atoms with Crippen molar-refractivity contribution in [3.8, 4) is 0 Å². The van der Waals surface area contributed by atoms with Crippen molar-refractivity contribution in [2.45, 2.75) is 19.3 Å². The topological polar surface area (TPSA) is 62.2 Å². The quantitative estimate of drug-likeness (QED) is 0.803. The molecule has 0 saturated heterocycles. The van der Waals surface area contributed by atoms with Crippen LogP contribution in [0.4, 0.5) is 4.39 Å². The van der Waals surface area contributed by atoms with Crippen molar-refractivity contribution < 1.29 is 14.3 Å². The minimum absolute atomic E-state index is 0.0115. The maximum Gasteiger partial charge on any atom is 0.254 e. The van der Waals surface area contributed by atoms with Crippen LogP contribution in [0.1, 0.15) is 29.6 Å². The predicted octanol–water partition coefficient (Wildman–Crippen LogP) is 1.77. The van der Waals surface area contributed by atoms with Crippen LogP contribution in [0.15, 0.2) is 12.3 Å². The van der Waals surface area contributed by atoms with Crippen LogP contribution >= 0.6 is 11.6 Å². The van der Waals surface area contributed by atoms with E-state index in [4.69, 9.17) is 16.7 Å². The number of rotatable bonds is 5. The maximum absolute atomic E-state index is 13.0. The monoisotopic (exact) mass is 272 g/mol. The van der Waals surface area contributed by atoms with Gasteiger partial charge in [0.1, 0.15) is 11.0 Å². The number of aliphatic hydroxyl groups is 1. The van der Waals surface area contributed by atoms with E-state index >= 15 is 0 Å². The van der Waals surface area contributed by atoms with E-state index in [2.05, 4.69) is 10.3 Å². The number of nitrogens with zero attached hydrogens (tertiary/aromatic N) is 1. The molecule has 0 radical (unpaired) electrons. The van der Waals surface area contributed by atoms with Gasteiger partial charge in [0.25, 0.3) is 5.91 Å². The van der Waals surface area contributed by atoms with Gasteiger partial charge in [-0.25, -0.2) is 9.37 Å². The molecule has 18 heavy (non-hydrogen) atoms. The second-order valence-corrected chi connectivity index (χ2v) is 5.01. The van der Waals surface area contributed by atoms with Crippen LogP contribution in [-0.4, -0.2) is 29.1 Å². The molecule has 0 spiro atoms. The van der Waals surface area contributed by atoms with Gasteiger partial charge in [-0.1, -0.05) is 11.6 Å². The second kappa shape index (κ2) is 5.20. The molecule has 4 nitrogen and oxygen atoms in total. The van der Waals surface area contributed by atoms with Crippen LogP contribution in [0.25, 0.3) is 0 Å². The van der Waals surface area contributed by atoms with Gasteiger partial charge >= 0.3 is 0 Å². The second-order valence-electron chi connectivity index (χ2n) is 4.65. The molecule has 0 aliphatic heterocycles. The van der Waals surface area contributed by atoms with E-state index in [-0.39, 0.29) is 22.7 Å². The first-order valence-electron chi connectivity index (χ1n) is 5.76. The van der Waals surface area contributed by atoms with Crippen LogP contribution in [0, 0.1) is 11.2 Å². The van der Waals surface area contributed by atoms with Crippen molar-refractivity contribution in [1.82, 2.24) is 10.3 Å². The Balaban J connectivity index is 1.98. The number of nitrogens with one attached hydrogen (secondary N) is 1. The number of hydrogen-bond acceptors (Lipinski definition) is 3. The lowest BCUT2D eigenvalue weighted by molar-refractivity contribution is 0.0940. The van der Waals surface area contributed by atoms with Gasteiger partial charge in [0.2, 0.25) is 0 Å². The summed E-state index contributed by atoms with van der Waals surface area (Å²) in [6.07, 6.45) is 3.61. The molecule has 1 amide bonds. The number of carbonyl (C=O) groups excluding carboxylic acids is 1. The third-order valence-corrected chi connectivity index (χ3v) is 3.57. The lowest BCUT2D eigenvalue weighted by Crippen LogP contribution is -2.31. The summed E-state index contributed by atoms with van der Waals surface area (Å²) in [7, 11) is 0. The van der Waals surface area contributed by atoms with Gasteiger partial charge in [0.05, 0.1) is 11.8 Å². The number of aliphatic hydroxyl groups excluding tert-OH is 1. The van der Waals surface area contributed by atoms with Gasteiger partial charge in [-0.3, -0.25) is 4.79 Å². The van der Waals surface area contributed by atoms with Crippen molar-refractivity contribution in [3.63, 3.8) is 0 Å². The molecule has 6 heteroatoms. The van der Waals surface area contributed by atoms with Gasteiger partial charge in [0, 0.05) is 13.2 Å². The highest BCUT2D eigenvalue weighted by Gasteiger charge is 2.42. The third kappa shape index (κ3) is 2.97. The molecule has 2 N–H and O–H groups in total.